The number of hydrogen-bond acceptors (Lipinski definition) is 3. The number of para-hydroxylation sites is 1. The fraction of sp³-hybridized carbons (Fsp3) is 0.312. The molecule has 6 heteroatoms. The Kier molecular flexibility index (Phi) is 6.55. The van der Waals surface area contributed by atoms with Crippen LogP contribution in [0.25, 0.3) is 0 Å². The summed E-state index contributed by atoms with van der Waals surface area (Å²) in [6.45, 7) is 1.97. The molecular formula is C16H20ClN3OS. The lowest BCUT2D eigenvalue weighted by molar-refractivity contribution is 0.241. The summed E-state index contributed by atoms with van der Waals surface area (Å²) in [6, 6.07) is 13.8. The molecule has 0 aliphatic rings. The molecule has 0 radical (unpaired) electrons. The Hall–Kier alpha value is -1.72. The second kappa shape index (κ2) is 8.66. The third kappa shape index (κ3) is 5.58. The molecule has 118 valence electrons. The number of carbonyl (C=O) groups excluding carboxylic acids is 1. The van der Waals surface area contributed by atoms with Gasteiger partial charge in [-0.05, 0) is 30.7 Å². The number of urea groups is 1. The lowest BCUT2D eigenvalue weighted by Gasteiger charge is -2.19. The zero-order valence-electron chi connectivity index (χ0n) is 12.5. The summed E-state index contributed by atoms with van der Waals surface area (Å²) in [5.74, 6) is 0. The van der Waals surface area contributed by atoms with Crippen molar-refractivity contribution in [2.24, 2.45) is 0 Å². The molecule has 1 aromatic carbocycles. The average molecular weight is 338 g/mol. The summed E-state index contributed by atoms with van der Waals surface area (Å²) in [6.07, 6.45) is 0.800. The van der Waals surface area contributed by atoms with Crippen molar-refractivity contribution in [3.05, 3.63) is 51.7 Å². The van der Waals surface area contributed by atoms with Gasteiger partial charge in [-0.2, -0.15) is 0 Å². The molecule has 0 saturated heterocycles. The van der Waals surface area contributed by atoms with E-state index in [1.54, 1.807) is 11.3 Å². The van der Waals surface area contributed by atoms with Crippen molar-refractivity contribution in [2.45, 2.75) is 6.42 Å². The number of anilines is 1. The molecule has 0 aliphatic heterocycles. The van der Waals surface area contributed by atoms with E-state index >= 15 is 0 Å². The molecular weight excluding hydrogens is 318 g/mol. The first-order valence-electron chi connectivity index (χ1n) is 7.17. The number of halogens is 1. The zero-order valence-corrected chi connectivity index (χ0v) is 14.1. The van der Waals surface area contributed by atoms with Crippen molar-refractivity contribution in [3.8, 4) is 0 Å². The summed E-state index contributed by atoms with van der Waals surface area (Å²) < 4.78 is 0.781. The van der Waals surface area contributed by atoms with E-state index in [-0.39, 0.29) is 6.03 Å². The minimum Gasteiger partial charge on any atom is -0.373 e. The summed E-state index contributed by atoms with van der Waals surface area (Å²) in [5, 5.41) is 5.71. The van der Waals surface area contributed by atoms with Crippen LogP contribution in [0.15, 0.2) is 42.5 Å². The molecule has 0 bridgehead atoms. The van der Waals surface area contributed by atoms with Crippen molar-refractivity contribution in [1.82, 2.24) is 10.6 Å². The van der Waals surface area contributed by atoms with Crippen LogP contribution in [0.1, 0.15) is 4.88 Å². The van der Waals surface area contributed by atoms with Crippen LogP contribution in [-0.4, -0.2) is 32.7 Å². The van der Waals surface area contributed by atoms with E-state index in [1.807, 2.05) is 49.5 Å². The maximum Gasteiger partial charge on any atom is 0.314 e. The van der Waals surface area contributed by atoms with Crippen LogP contribution in [-0.2, 0) is 6.42 Å². The van der Waals surface area contributed by atoms with Crippen molar-refractivity contribution in [1.29, 1.82) is 0 Å². The molecule has 4 nitrogen and oxygen atoms in total. The second-order valence-corrected chi connectivity index (χ2v) is 6.70. The quantitative estimate of drug-likeness (QED) is 0.813. The van der Waals surface area contributed by atoms with Gasteiger partial charge in [0.2, 0.25) is 0 Å². The fourth-order valence-corrected chi connectivity index (χ4v) is 3.08. The smallest absolute Gasteiger partial charge is 0.314 e. The van der Waals surface area contributed by atoms with Crippen molar-refractivity contribution < 1.29 is 4.79 Å². The molecule has 0 atom stereocenters. The predicted octanol–water partition coefficient (Wildman–Crippen LogP) is 3.38. The van der Waals surface area contributed by atoms with E-state index < -0.39 is 0 Å². The average Bonchev–Trinajstić information content (AvgIpc) is 2.93. The molecule has 0 spiro atoms. The normalized spacial score (nSPS) is 10.3. The van der Waals surface area contributed by atoms with Gasteiger partial charge in [0.05, 0.1) is 4.34 Å². The van der Waals surface area contributed by atoms with Crippen molar-refractivity contribution in [3.63, 3.8) is 0 Å². The number of rotatable bonds is 7. The monoisotopic (exact) mass is 337 g/mol. The van der Waals surface area contributed by atoms with E-state index in [0.717, 1.165) is 23.0 Å². The second-order valence-electron chi connectivity index (χ2n) is 4.90. The Morgan fingerprint density at radius 3 is 2.55 bits per heavy atom. The molecule has 2 aromatic rings. The summed E-state index contributed by atoms with van der Waals surface area (Å²) in [5.41, 5.74) is 1.14. The topological polar surface area (TPSA) is 44.4 Å². The van der Waals surface area contributed by atoms with Crippen LogP contribution in [0.3, 0.4) is 0 Å². The van der Waals surface area contributed by atoms with Crippen LogP contribution in [0.4, 0.5) is 10.5 Å². The minimum absolute atomic E-state index is 0.135. The minimum atomic E-state index is -0.135. The van der Waals surface area contributed by atoms with E-state index in [9.17, 15) is 4.79 Å². The first-order chi connectivity index (χ1) is 10.6. The van der Waals surface area contributed by atoms with E-state index in [4.69, 9.17) is 11.6 Å². The van der Waals surface area contributed by atoms with E-state index in [2.05, 4.69) is 15.5 Å². The molecule has 1 heterocycles. The molecule has 2 N–H and O–H groups in total. The molecule has 0 fully saturated rings. The summed E-state index contributed by atoms with van der Waals surface area (Å²) in [7, 11) is 2.01. The van der Waals surface area contributed by atoms with Gasteiger partial charge in [0.25, 0.3) is 0 Å². The first-order valence-corrected chi connectivity index (χ1v) is 8.36. The highest BCUT2D eigenvalue weighted by Gasteiger charge is 2.03. The van der Waals surface area contributed by atoms with Gasteiger partial charge in [-0.25, -0.2) is 4.79 Å². The maximum absolute atomic E-state index is 11.7. The Labute approximate surface area is 140 Å². The highest BCUT2D eigenvalue weighted by molar-refractivity contribution is 7.16. The van der Waals surface area contributed by atoms with Gasteiger partial charge < -0.3 is 15.5 Å². The highest BCUT2D eigenvalue weighted by Crippen LogP contribution is 2.21. The molecule has 2 amide bonds. The van der Waals surface area contributed by atoms with Crippen LogP contribution in [0.2, 0.25) is 4.34 Å². The number of thiophene rings is 1. The Balaban J connectivity index is 1.59. The van der Waals surface area contributed by atoms with E-state index in [1.165, 1.54) is 4.88 Å². The third-order valence-corrected chi connectivity index (χ3v) is 4.51. The van der Waals surface area contributed by atoms with Gasteiger partial charge in [0, 0.05) is 37.2 Å². The molecule has 1 aromatic heterocycles. The van der Waals surface area contributed by atoms with Crippen LogP contribution < -0.4 is 15.5 Å². The Bertz CT molecular complexity index is 588. The Morgan fingerprint density at radius 2 is 1.86 bits per heavy atom. The molecule has 0 unspecified atom stereocenters. The number of amides is 2. The van der Waals surface area contributed by atoms with Gasteiger partial charge >= 0.3 is 6.03 Å². The molecule has 22 heavy (non-hydrogen) atoms. The summed E-state index contributed by atoms with van der Waals surface area (Å²) in [4.78, 5) is 15.0. The van der Waals surface area contributed by atoms with Crippen molar-refractivity contribution in [2.75, 3.05) is 31.6 Å². The fourth-order valence-electron chi connectivity index (χ4n) is 2.00. The van der Waals surface area contributed by atoms with Crippen LogP contribution in [0, 0.1) is 0 Å². The zero-order chi connectivity index (χ0) is 15.8. The van der Waals surface area contributed by atoms with Crippen LogP contribution in [0.5, 0.6) is 0 Å². The standard InChI is InChI=1S/C16H20ClN3OS/c1-20(13-5-3-2-4-6-13)12-11-19-16(21)18-10-9-14-7-8-15(17)22-14/h2-8H,9-12H2,1H3,(H2,18,19,21). The number of nitrogens with zero attached hydrogens (tertiary/aromatic N) is 1. The lowest BCUT2D eigenvalue weighted by Crippen LogP contribution is -2.40. The number of benzene rings is 1. The van der Waals surface area contributed by atoms with Gasteiger partial charge in [0.1, 0.15) is 0 Å². The molecule has 2 rings (SSSR count). The highest BCUT2D eigenvalue weighted by atomic mass is 35.5. The Morgan fingerprint density at radius 1 is 1.14 bits per heavy atom. The van der Waals surface area contributed by atoms with Crippen LogP contribution >= 0.6 is 22.9 Å². The van der Waals surface area contributed by atoms with E-state index in [0.29, 0.717) is 13.1 Å². The SMILES string of the molecule is CN(CCNC(=O)NCCc1ccc(Cl)s1)c1ccccc1. The third-order valence-electron chi connectivity index (χ3n) is 3.22. The largest absolute Gasteiger partial charge is 0.373 e. The van der Waals surface area contributed by atoms with Gasteiger partial charge in [-0.3, -0.25) is 0 Å². The molecule has 0 aliphatic carbocycles. The maximum atomic E-state index is 11.7. The van der Waals surface area contributed by atoms with Crippen molar-refractivity contribution >= 4 is 34.7 Å². The first kappa shape index (κ1) is 16.6. The van der Waals surface area contributed by atoms with Gasteiger partial charge in [-0.1, -0.05) is 29.8 Å². The lowest BCUT2D eigenvalue weighted by atomic mass is 10.3. The number of nitrogens with one attached hydrogen (secondary N) is 2. The van der Waals surface area contributed by atoms with Gasteiger partial charge in [-0.15, -0.1) is 11.3 Å². The predicted molar refractivity (Wildman–Crippen MR) is 94.1 cm³/mol. The summed E-state index contributed by atoms with van der Waals surface area (Å²) >= 11 is 7.41. The number of likely N-dealkylation sites (N-methyl/N-ethyl adjacent to an activating group) is 1. The number of carbonyl (C=O) groups is 1. The molecule has 0 saturated carbocycles. The number of hydrogen-bond donors (Lipinski definition) is 2. The van der Waals surface area contributed by atoms with Gasteiger partial charge in [0.15, 0.2) is 0 Å².